The summed E-state index contributed by atoms with van der Waals surface area (Å²) in [5.74, 6) is 0.252. The number of benzene rings is 2. The molecule has 0 heterocycles. The third-order valence-electron chi connectivity index (χ3n) is 3.69. The van der Waals surface area contributed by atoms with Crippen LogP contribution in [0.5, 0.6) is 5.75 Å². The molecule has 0 bridgehead atoms. The Kier molecular flexibility index (Phi) is 6.03. The van der Waals surface area contributed by atoms with E-state index in [-0.39, 0.29) is 6.54 Å². The molecule has 0 spiro atoms. The van der Waals surface area contributed by atoms with Gasteiger partial charge in [-0.25, -0.2) is 8.42 Å². The molecule has 7 heteroatoms. The summed E-state index contributed by atoms with van der Waals surface area (Å²) in [4.78, 5) is 12.3. The maximum atomic E-state index is 12.3. The van der Waals surface area contributed by atoms with Crippen LogP contribution in [0, 0.1) is 0 Å². The van der Waals surface area contributed by atoms with E-state index in [1.54, 1.807) is 43.5 Å². The molecule has 0 atom stereocenters. The minimum Gasteiger partial charge on any atom is -0.497 e. The van der Waals surface area contributed by atoms with E-state index in [0.29, 0.717) is 17.1 Å². The maximum Gasteiger partial charge on any atom is 0.245 e. The van der Waals surface area contributed by atoms with Crippen molar-refractivity contribution in [3.8, 4) is 5.75 Å². The molecule has 0 unspecified atom stereocenters. The van der Waals surface area contributed by atoms with E-state index in [1.165, 1.54) is 0 Å². The van der Waals surface area contributed by atoms with Crippen LogP contribution in [-0.2, 0) is 21.2 Å². The van der Waals surface area contributed by atoms with Crippen LogP contribution in [0.4, 0.5) is 11.4 Å². The summed E-state index contributed by atoms with van der Waals surface area (Å²) < 4.78 is 30.3. The first-order chi connectivity index (χ1) is 11.8. The number of nitrogens with one attached hydrogen (secondary N) is 1. The van der Waals surface area contributed by atoms with Gasteiger partial charge < -0.3 is 10.1 Å². The molecule has 0 aromatic heterocycles. The van der Waals surface area contributed by atoms with Gasteiger partial charge in [0.05, 0.1) is 19.1 Å². The van der Waals surface area contributed by atoms with Gasteiger partial charge in [0.25, 0.3) is 0 Å². The molecule has 0 fully saturated rings. The molecular weight excluding hydrogens is 340 g/mol. The number of hydrogen-bond acceptors (Lipinski definition) is 4. The van der Waals surface area contributed by atoms with Crippen LogP contribution < -0.4 is 14.4 Å². The van der Waals surface area contributed by atoms with Gasteiger partial charge in [0.2, 0.25) is 15.9 Å². The Bertz CT molecular complexity index is 815. The summed E-state index contributed by atoms with van der Waals surface area (Å²) in [7, 11) is -2.03. The molecule has 25 heavy (non-hydrogen) atoms. The van der Waals surface area contributed by atoms with Crippen LogP contribution in [-0.4, -0.2) is 34.2 Å². The standard InChI is InChI=1S/C18H22N2O4S/c1-4-14-5-9-16(10-6-14)20(25(3,22)23)13-18(21)19-15-7-11-17(24-2)12-8-15/h5-12H,4,13H2,1-3H3,(H,19,21). The third-order valence-corrected chi connectivity index (χ3v) is 4.83. The van der Waals surface area contributed by atoms with E-state index >= 15 is 0 Å². The van der Waals surface area contributed by atoms with Gasteiger partial charge >= 0.3 is 0 Å². The normalized spacial score (nSPS) is 11.0. The van der Waals surface area contributed by atoms with E-state index < -0.39 is 15.9 Å². The third kappa shape index (κ3) is 5.22. The highest BCUT2D eigenvalue weighted by atomic mass is 32.2. The van der Waals surface area contributed by atoms with Crippen molar-refractivity contribution in [2.75, 3.05) is 29.5 Å². The van der Waals surface area contributed by atoms with Gasteiger partial charge in [-0.05, 0) is 48.4 Å². The maximum absolute atomic E-state index is 12.3. The fourth-order valence-electron chi connectivity index (χ4n) is 2.30. The average molecular weight is 362 g/mol. The number of hydrogen-bond donors (Lipinski definition) is 1. The van der Waals surface area contributed by atoms with E-state index in [9.17, 15) is 13.2 Å². The zero-order valence-corrected chi connectivity index (χ0v) is 15.3. The molecule has 0 aliphatic heterocycles. The SMILES string of the molecule is CCc1ccc(N(CC(=O)Nc2ccc(OC)cc2)S(C)(=O)=O)cc1. The first kappa shape index (κ1) is 18.8. The summed E-state index contributed by atoms with van der Waals surface area (Å²) in [5.41, 5.74) is 2.13. The number of anilines is 2. The summed E-state index contributed by atoms with van der Waals surface area (Å²) >= 11 is 0. The van der Waals surface area contributed by atoms with Crippen LogP contribution in [0.2, 0.25) is 0 Å². The molecule has 0 saturated heterocycles. The summed E-state index contributed by atoms with van der Waals surface area (Å²) in [5, 5.41) is 2.69. The average Bonchev–Trinajstić information content (AvgIpc) is 2.59. The molecule has 2 rings (SSSR count). The second-order valence-corrected chi connectivity index (χ2v) is 7.47. The lowest BCUT2D eigenvalue weighted by Gasteiger charge is -2.22. The summed E-state index contributed by atoms with van der Waals surface area (Å²) in [6, 6.07) is 13.9. The Labute approximate surface area is 148 Å². The Morgan fingerprint density at radius 2 is 1.68 bits per heavy atom. The van der Waals surface area contributed by atoms with Crippen molar-refractivity contribution in [3.05, 3.63) is 54.1 Å². The Morgan fingerprint density at radius 3 is 2.16 bits per heavy atom. The van der Waals surface area contributed by atoms with Crippen LogP contribution in [0.15, 0.2) is 48.5 Å². The van der Waals surface area contributed by atoms with Gasteiger partial charge in [-0.15, -0.1) is 0 Å². The largest absolute Gasteiger partial charge is 0.497 e. The minimum atomic E-state index is -3.58. The number of methoxy groups -OCH3 is 1. The van der Waals surface area contributed by atoms with Crippen LogP contribution in [0.1, 0.15) is 12.5 Å². The second-order valence-electron chi connectivity index (χ2n) is 5.57. The number of carbonyl (C=O) groups is 1. The number of sulfonamides is 1. The first-order valence-electron chi connectivity index (χ1n) is 7.84. The van der Waals surface area contributed by atoms with Crippen LogP contribution >= 0.6 is 0 Å². The van der Waals surface area contributed by atoms with Crippen molar-refractivity contribution in [3.63, 3.8) is 0 Å². The number of rotatable bonds is 7. The highest BCUT2D eigenvalue weighted by molar-refractivity contribution is 7.92. The van der Waals surface area contributed by atoms with Gasteiger partial charge in [-0.1, -0.05) is 19.1 Å². The topological polar surface area (TPSA) is 75.7 Å². The van der Waals surface area contributed by atoms with Gasteiger partial charge in [0.15, 0.2) is 0 Å². The molecule has 1 amide bonds. The first-order valence-corrected chi connectivity index (χ1v) is 9.69. The van der Waals surface area contributed by atoms with Crippen molar-refractivity contribution >= 4 is 27.3 Å². The molecule has 2 aromatic rings. The van der Waals surface area contributed by atoms with Gasteiger partial charge in [-0.3, -0.25) is 9.10 Å². The Morgan fingerprint density at radius 1 is 1.08 bits per heavy atom. The predicted molar refractivity (Wildman–Crippen MR) is 99.6 cm³/mol. The van der Waals surface area contributed by atoms with Crippen molar-refractivity contribution in [1.29, 1.82) is 0 Å². The molecule has 0 saturated carbocycles. The lowest BCUT2D eigenvalue weighted by molar-refractivity contribution is -0.114. The molecule has 2 aromatic carbocycles. The molecular formula is C18H22N2O4S. The van der Waals surface area contributed by atoms with Crippen molar-refractivity contribution in [2.45, 2.75) is 13.3 Å². The van der Waals surface area contributed by atoms with Gasteiger partial charge in [0, 0.05) is 5.69 Å². The fraction of sp³-hybridized carbons (Fsp3) is 0.278. The van der Waals surface area contributed by atoms with Gasteiger partial charge in [-0.2, -0.15) is 0 Å². The van der Waals surface area contributed by atoms with Gasteiger partial charge in [0.1, 0.15) is 12.3 Å². The van der Waals surface area contributed by atoms with E-state index in [0.717, 1.165) is 22.5 Å². The van der Waals surface area contributed by atoms with E-state index in [1.807, 2.05) is 19.1 Å². The van der Waals surface area contributed by atoms with E-state index in [4.69, 9.17) is 4.74 Å². The van der Waals surface area contributed by atoms with Crippen molar-refractivity contribution < 1.29 is 17.9 Å². The number of aryl methyl sites for hydroxylation is 1. The molecule has 1 N–H and O–H groups in total. The number of carbonyl (C=O) groups excluding carboxylic acids is 1. The monoisotopic (exact) mass is 362 g/mol. The lowest BCUT2D eigenvalue weighted by Crippen LogP contribution is -2.37. The zero-order valence-electron chi connectivity index (χ0n) is 14.5. The van der Waals surface area contributed by atoms with Crippen LogP contribution in [0.3, 0.4) is 0 Å². The number of ether oxygens (including phenoxy) is 1. The molecule has 6 nitrogen and oxygen atoms in total. The van der Waals surface area contributed by atoms with Crippen LogP contribution in [0.25, 0.3) is 0 Å². The molecule has 0 aliphatic rings. The lowest BCUT2D eigenvalue weighted by atomic mass is 10.1. The smallest absolute Gasteiger partial charge is 0.245 e. The number of nitrogens with zero attached hydrogens (tertiary/aromatic N) is 1. The number of amides is 1. The van der Waals surface area contributed by atoms with E-state index in [2.05, 4.69) is 5.32 Å². The highest BCUT2D eigenvalue weighted by Gasteiger charge is 2.20. The zero-order chi connectivity index (χ0) is 18.4. The summed E-state index contributed by atoms with van der Waals surface area (Å²) in [6.07, 6.45) is 1.94. The Balaban J connectivity index is 2.14. The Hall–Kier alpha value is -2.54. The fourth-order valence-corrected chi connectivity index (χ4v) is 3.16. The molecule has 134 valence electrons. The molecule has 0 aliphatic carbocycles. The van der Waals surface area contributed by atoms with Crippen molar-refractivity contribution in [1.82, 2.24) is 0 Å². The minimum absolute atomic E-state index is 0.295. The van der Waals surface area contributed by atoms with Crippen molar-refractivity contribution in [2.24, 2.45) is 0 Å². The quantitative estimate of drug-likeness (QED) is 0.822. The highest BCUT2D eigenvalue weighted by Crippen LogP contribution is 2.19. The second kappa shape index (κ2) is 8.02. The molecule has 0 radical (unpaired) electrons. The summed E-state index contributed by atoms with van der Waals surface area (Å²) in [6.45, 7) is 1.72. The predicted octanol–water partition coefficient (Wildman–Crippen LogP) is 2.66.